The largest absolute Gasteiger partial charge is 0.303 e. The van der Waals surface area contributed by atoms with Crippen molar-refractivity contribution in [1.29, 1.82) is 0 Å². The molecule has 0 aliphatic carbocycles. The monoisotopic (exact) mass is 217 g/mol. The highest BCUT2D eigenvalue weighted by molar-refractivity contribution is 6.02. The first-order valence-corrected chi connectivity index (χ1v) is 5.54. The van der Waals surface area contributed by atoms with Crippen LogP contribution in [-0.2, 0) is 4.79 Å². The molecule has 1 aromatic rings. The van der Waals surface area contributed by atoms with Crippen molar-refractivity contribution in [3.8, 4) is 0 Å². The van der Waals surface area contributed by atoms with Crippen LogP contribution in [0.2, 0.25) is 0 Å². The van der Waals surface area contributed by atoms with Gasteiger partial charge in [0.25, 0.3) is 5.91 Å². The minimum Gasteiger partial charge on any atom is -0.303 e. The summed E-state index contributed by atoms with van der Waals surface area (Å²) in [7, 11) is 0. The molecular weight excluding hydrogens is 198 g/mol. The Bertz CT molecular complexity index is 368. The van der Waals surface area contributed by atoms with Gasteiger partial charge in [-0.2, -0.15) is 0 Å². The molecule has 86 valence electrons. The number of carbonyl (C=O) groups is 1. The summed E-state index contributed by atoms with van der Waals surface area (Å²) in [6, 6.07) is 9.70. The number of para-hydroxylation sites is 1. The number of amides is 1. The van der Waals surface area contributed by atoms with Crippen LogP contribution in [0.5, 0.6) is 0 Å². The lowest BCUT2D eigenvalue weighted by atomic mass is 9.98. The summed E-state index contributed by atoms with van der Waals surface area (Å²) in [4.78, 5) is 13.7. The van der Waals surface area contributed by atoms with Gasteiger partial charge in [-0.15, -0.1) is 0 Å². The molecule has 0 fully saturated rings. The molecule has 1 amide bonds. The van der Waals surface area contributed by atoms with E-state index in [1.54, 1.807) is 4.90 Å². The number of carbonyl (C=O) groups excluding carboxylic acids is 1. The van der Waals surface area contributed by atoms with Gasteiger partial charge in [-0.05, 0) is 38.5 Å². The van der Waals surface area contributed by atoms with Crippen molar-refractivity contribution >= 4 is 11.6 Å². The molecule has 0 aliphatic rings. The fourth-order valence-electron chi connectivity index (χ4n) is 1.60. The second-order valence-corrected chi connectivity index (χ2v) is 4.38. The second-order valence-electron chi connectivity index (χ2n) is 4.38. The molecule has 0 saturated heterocycles. The maximum atomic E-state index is 11.9. The van der Waals surface area contributed by atoms with Crippen molar-refractivity contribution < 1.29 is 4.79 Å². The minimum absolute atomic E-state index is 0.0574. The lowest BCUT2D eigenvalue weighted by Gasteiger charge is -2.37. The first-order chi connectivity index (χ1) is 7.53. The molecule has 2 heteroatoms. The lowest BCUT2D eigenvalue weighted by Crippen LogP contribution is -2.47. The molecule has 1 rings (SSSR count). The quantitative estimate of drug-likeness (QED) is 0.708. The van der Waals surface area contributed by atoms with E-state index in [1.807, 2.05) is 30.3 Å². The highest BCUT2D eigenvalue weighted by atomic mass is 16.2. The van der Waals surface area contributed by atoms with Gasteiger partial charge in [-0.3, -0.25) is 4.79 Å². The summed E-state index contributed by atoms with van der Waals surface area (Å²) in [5.41, 5.74) is 0.714. The average Bonchev–Trinajstić information content (AvgIpc) is 2.30. The van der Waals surface area contributed by atoms with Crippen molar-refractivity contribution in [2.24, 2.45) is 0 Å². The summed E-state index contributed by atoms with van der Waals surface area (Å²) in [6.07, 6.45) is 2.26. The standard InChI is InChI=1S/C14H19NO/c1-5-13(16)15(14(3,4)6-2)12-10-8-7-9-11-12/h5,7-11H,1,6H2,2-4H3. The van der Waals surface area contributed by atoms with Gasteiger partial charge in [0, 0.05) is 11.2 Å². The summed E-state index contributed by atoms with van der Waals surface area (Å²) in [6.45, 7) is 9.75. The molecule has 0 aromatic heterocycles. The highest BCUT2D eigenvalue weighted by Gasteiger charge is 2.28. The van der Waals surface area contributed by atoms with Crippen LogP contribution in [0.4, 0.5) is 5.69 Å². The molecule has 0 atom stereocenters. The number of anilines is 1. The van der Waals surface area contributed by atoms with Crippen LogP contribution in [0.15, 0.2) is 43.0 Å². The maximum absolute atomic E-state index is 11.9. The molecule has 0 radical (unpaired) electrons. The minimum atomic E-state index is -0.202. The molecule has 0 saturated carbocycles. The molecular formula is C14H19NO. The van der Waals surface area contributed by atoms with Gasteiger partial charge in [0.05, 0.1) is 0 Å². The summed E-state index contributed by atoms with van der Waals surface area (Å²) in [5.74, 6) is -0.0574. The molecule has 16 heavy (non-hydrogen) atoms. The van der Waals surface area contributed by atoms with Crippen molar-refractivity contribution in [2.75, 3.05) is 4.90 Å². The van der Waals surface area contributed by atoms with Crippen molar-refractivity contribution in [2.45, 2.75) is 32.7 Å². The van der Waals surface area contributed by atoms with Gasteiger partial charge in [0.15, 0.2) is 0 Å². The van der Waals surface area contributed by atoms with E-state index in [4.69, 9.17) is 0 Å². The van der Waals surface area contributed by atoms with Crippen LogP contribution in [-0.4, -0.2) is 11.4 Å². The normalized spacial score (nSPS) is 10.9. The van der Waals surface area contributed by atoms with Gasteiger partial charge in [0.2, 0.25) is 0 Å². The number of rotatable bonds is 4. The van der Waals surface area contributed by atoms with Crippen LogP contribution in [0.3, 0.4) is 0 Å². The van der Waals surface area contributed by atoms with Gasteiger partial charge in [-0.25, -0.2) is 0 Å². The van der Waals surface area contributed by atoms with Gasteiger partial charge in [0.1, 0.15) is 0 Å². The van der Waals surface area contributed by atoms with E-state index >= 15 is 0 Å². The van der Waals surface area contributed by atoms with E-state index in [0.717, 1.165) is 12.1 Å². The molecule has 0 aliphatic heterocycles. The number of benzene rings is 1. The van der Waals surface area contributed by atoms with Crippen molar-refractivity contribution in [3.63, 3.8) is 0 Å². The first-order valence-electron chi connectivity index (χ1n) is 5.54. The molecule has 0 unspecified atom stereocenters. The molecule has 2 nitrogen and oxygen atoms in total. The molecule has 0 spiro atoms. The Hall–Kier alpha value is -1.57. The molecule has 0 bridgehead atoms. The fourth-order valence-corrected chi connectivity index (χ4v) is 1.60. The summed E-state index contributed by atoms with van der Waals surface area (Å²) in [5, 5.41) is 0. The third kappa shape index (κ3) is 2.51. The maximum Gasteiger partial charge on any atom is 0.250 e. The number of hydrogen-bond acceptors (Lipinski definition) is 1. The Kier molecular flexibility index (Phi) is 3.88. The van der Waals surface area contributed by atoms with Crippen LogP contribution in [0, 0.1) is 0 Å². The zero-order valence-corrected chi connectivity index (χ0v) is 10.2. The van der Waals surface area contributed by atoms with Crippen LogP contribution in [0.25, 0.3) is 0 Å². The predicted octanol–water partition coefficient (Wildman–Crippen LogP) is 3.39. The Morgan fingerprint density at radius 3 is 2.38 bits per heavy atom. The third-order valence-corrected chi connectivity index (χ3v) is 2.88. The van der Waals surface area contributed by atoms with E-state index in [1.165, 1.54) is 6.08 Å². The highest BCUT2D eigenvalue weighted by Crippen LogP contribution is 2.26. The van der Waals surface area contributed by atoms with Crippen molar-refractivity contribution in [1.82, 2.24) is 0 Å². The zero-order chi connectivity index (χ0) is 12.2. The SMILES string of the molecule is C=CC(=O)N(c1ccccc1)C(C)(C)CC. The van der Waals surface area contributed by atoms with E-state index in [-0.39, 0.29) is 11.4 Å². The summed E-state index contributed by atoms with van der Waals surface area (Å²) >= 11 is 0. The van der Waals surface area contributed by atoms with Gasteiger partial charge >= 0.3 is 0 Å². The topological polar surface area (TPSA) is 20.3 Å². The van der Waals surface area contributed by atoms with Crippen LogP contribution < -0.4 is 4.90 Å². The van der Waals surface area contributed by atoms with Crippen LogP contribution in [0.1, 0.15) is 27.2 Å². The molecule has 0 N–H and O–H groups in total. The lowest BCUT2D eigenvalue weighted by molar-refractivity contribution is -0.115. The fraction of sp³-hybridized carbons (Fsp3) is 0.357. The third-order valence-electron chi connectivity index (χ3n) is 2.88. The average molecular weight is 217 g/mol. The summed E-state index contributed by atoms with van der Waals surface area (Å²) < 4.78 is 0. The predicted molar refractivity (Wildman–Crippen MR) is 68.5 cm³/mol. The van der Waals surface area contributed by atoms with Gasteiger partial charge in [-0.1, -0.05) is 31.7 Å². The zero-order valence-electron chi connectivity index (χ0n) is 10.2. The van der Waals surface area contributed by atoms with E-state index in [0.29, 0.717) is 0 Å². The molecule has 1 aromatic carbocycles. The van der Waals surface area contributed by atoms with E-state index in [2.05, 4.69) is 27.4 Å². The van der Waals surface area contributed by atoms with E-state index < -0.39 is 0 Å². The Labute approximate surface area is 97.6 Å². The number of nitrogens with zero attached hydrogens (tertiary/aromatic N) is 1. The Morgan fingerprint density at radius 2 is 1.94 bits per heavy atom. The first kappa shape index (κ1) is 12.5. The second kappa shape index (κ2) is 4.97. The Morgan fingerprint density at radius 1 is 1.38 bits per heavy atom. The Balaban J connectivity index is 3.16. The smallest absolute Gasteiger partial charge is 0.250 e. The number of hydrogen-bond donors (Lipinski definition) is 0. The van der Waals surface area contributed by atoms with Gasteiger partial charge < -0.3 is 4.90 Å². The van der Waals surface area contributed by atoms with Crippen LogP contribution >= 0.6 is 0 Å². The van der Waals surface area contributed by atoms with E-state index in [9.17, 15) is 4.79 Å². The molecule has 0 heterocycles. The van der Waals surface area contributed by atoms with Crippen molar-refractivity contribution in [3.05, 3.63) is 43.0 Å².